The quantitative estimate of drug-likeness (QED) is 0.654. The molecule has 0 aromatic heterocycles. The van der Waals surface area contributed by atoms with E-state index in [9.17, 15) is 22.6 Å². The standard InChI is InChI=1S/C5H10F3O3P/c1-2-3-11-12(9,10)4-5(6,7)8/h2-4H2,1H3,(H,9,10)/p-1. The number of alkyl halides is 3. The van der Waals surface area contributed by atoms with Crippen LogP contribution in [0.4, 0.5) is 13.2 Å². The van der Waals surface area contributed by atoms with Gasteiger partial charge in [-0.05, 0) is 6.42 Å². The van der Waals surface area contributed by atoms with Gasteiger partial charge in [0.05, 0.1) is 6.61 Å². The Balaban J connectivity index is 3.96. The average Bonchev–Trinajstić information content (AvgIpc) is 1.78. The van der Waals surface area contributed by atoms with Gasteiger partial charge in [-0.15, -0.1) is 0 Å². The summed E-state index contributed by atoms with van der Waals surface area (Å²) < 4.78 is 49.1. The van der Waals surface area contributed by atoms with Gasteiger partial charge in [-0.2, -0.15) is 13.2 Å². The number of halogens is 3. The third kappa shape index (κ3) is 6.64. The minimum Gasteiger partial charge on any atom is -0.778 e. The van der Waals surface area contributed by atoms with E-state index in [-0.39, 0.29) is 6.61 Å². The van der Waals surface area contributed by atoms with Crippen molar-refractivity contribution in [2.45, 2.75) is 19.5 Å². The van der Waals surface area contributed by atoms with Gasteiger partial charge in [0, 0.05) is 0 Å². The van der Waals surface area contributed by atoms with Crippen molar-refractivity contribution in [1.29, 1.82) is 0 Å². The molecule has 74 valence electrons. The van der Waals surface area contributed by atoms with Crippen molar-refractivity contribution in [1.82, 2.24) is 0 Å². The van der Waals surface area contributed by atoms with E-state index in [0.717, 1.165) is 0 Å². The fraction of sp³-hybridized carbons (Fsp3) is 1.00. The normalized spacial score (nSPS) is 17.4. The van der Waals surface area contributed by atoms with Crippen molar-refractivity contribution in [3.8, 4) is 0 Å². The molecule has 0 radical (unpaired) electrons. The molecule has 1 unspecified atom stereocenters. The smallest absolute Gasteiger partial charge is 0.396 e. The van der Waals surface area contributed by atoms with Gasteiger partial charge in [0.1, 0.15) is 13.8 Å². The first-order valence-electron chi connectivity index (χ1n) is 3.28. The maximum atomic E-state index is 11.5. The van der Waals surface area contributed by atoms with Crippen LogP contribution in [-0.2, 0) is 9.09 Å². The van der Waals surface area contributed by atoms with Gasteiger partial charge < -0.3 is 14.0 Å². The van der Waals surface area contributed by atoms with Crippen molar-refractivity contribution >= 4 is 7.60 Å². The summed E-state index contributed by atoms with van der Waals surface area (Å²) in [6.07, 6.45) is -6.24. The van der Waals surface area contributed by atoms with Gasteiger partial charge in [0.25, 0.3) is 0 Å². The molecule has 0 aromatic rings. The summed E-state index contributed by atoms with van der Waals surface area (Å²) in [6.45, 7) is 1.41. The molecular weight excluding hydrogens is 196 g/mol. The summed E-state index contributed by atoms with van der Waals surface area (Å²) in [7, 11) is -4.71. The Morgan fingerprint density at radius 2 is 2.00 bits per heavy atom. The molecule has 1 atom stereocenters. The van der Waals surface area contributed by atoms with E-state index in [0.29, 0.717) is 6.42 Å². The van der Waals surface area contributed by atoms with Crippen molar-refractivity contribution in [2.75, 3.05) is 12.8 Å². The van der Waals surface area contributed by atoms with Crippen LogP contribution in [0.3, 0.4) is 0 Å². The molecule has 0 heterocycles. The fourth-order valence-electron chi connectivity index (χ4n) is 0.496. The number of rotatable bonds is 4. The van der Waals surface area contributed by atoms with E-state index in [1.54, 1.807) is 6.92 Å². The van der Waals surface area contributed by atoms with Crippen molar-refractivity contribution in [2.24, 2.45) is 0 Å². The van der Waals surface area contributed by atoms with Gasteiger partial charge in [-0.1, -0.05) is 6.92 Å². The lowest BCUT2D eigenvalue weighted by Crippen LogP contribution is -2.21. The predicted molar refractivity (Wildman–Crippen MR) is 34.8 cm³/mol. The second-order valence-corrected chi connectivity index (χ2v) is 4.01. The first-order chi connectivity index (χ1) is 5.27. The highest BCUT2D eigenvalue weighted by Crippen LogP contribution is 2.42. The highest BCUT2D eigenvalue weighted by Gasteiger charge is 2.33. The molecule has 0 bridgehead atoms. The second-order valence-electron chi connectivity index (χ2n) is 2.22. The molecule has 7 heteroatoms. The van der Waals surface area contributed by atoms with Crippen molar-refractivity contribution < 1.29 is 27.2 Å². The zero-order valence-electron chi connectivity index (χ0n) is 6.43. The lowest BCUT2D eigenvalue weighted by Gasteiger charge is -2.23. The van der Waals surface area contributed by atoms with Crippen LogP contribution in [0, 0.1) is 0 Å². The Hall–Kier alpha value is -0.0600. The molecule has 0 aliphatic heterocycles. The topological polar surface area (TPSA) is 49.4 Å². The lowest BCUT2D eigenvalue weighted by molar-refractivity contribution is -0.208. The zero-order chi connectivity index (χ0) is 9.83. The zero-order valence-corrected chi connectivity index (χ0v) is 7.32. The minimum atomic E-state index is -4.72. The van der Waals surface area contributed by atoms with E-state index < -0.39 is 19.9 Å². The predicted octanol–water partition coefficient (Wildman–Crippen LogP) is 1.53. The van der Waals surface area contributed by atoms with Crippen LogP contribution in [-0.4, -0.2) is 18.9 Å². The van der Waals surface area contributed by atoms with Crippen LogP contribution in [0.15, 0.2) is 0 Å². The van der Waals surface area contributed by atoms with Gasteiger partial charge in [-0.3, -0.25) is 0 Å². The summed E-state index contributed by atoms with van der Waals surface area (Å²) >= 11 is 0. The molecule has 0 amide bonds. The highest BCUT2D eigenvalue weighted by atomic mass is 31.2. The first kappa shape index (κ1) is 11.9. The summed E-state index contributed by atoms with van der Waals surface area (Å²) in [4.78, 5) is 10.5. The van der Waals surface area contributed by atoms with Gasteiger partial charge in [0.15, 0.2) is 0 Å². The van der Waals surface area contributed by atoms with Gasteiger partial charge in [0.2, 0.25) is 0 Å². The van der Waals surface area contributed by atoms with E-state index in [2.05, 4.69) is 4.52 Å². The minimum absolute atomic E-state index is 0.198. The number of hydrogen-bond donors (Lipinski definition) is 0. The molecule has 12 heavy (non-hydrogen) atoms. The van der Waals surface area contributed by atoms with E-state index >= 15 is 0 Å². The molecule has 0 rings (SSSR count). The molecule has 0 aliphatic carbocycles. The molecule has 0 N–H and O–H groups in total. The van der Waals surface area contributed by atoms with Crippen molar-refractivity contribution in [3.63, 3.8) is 0 Å². The third-order valence-corrected chi connectivity index (χ3v) is 2.19. The van der Waals surface area contributed by atoms with Crippen LogP contribution in [0.2, 0.25) is 0 Å². The van der Waals surface area contributed by atoms with Gasteiger partial charge >= 0.3 is 6.18 Å². The van der Waals surface area contributed by atoms with Gasteiger partial charge in [-0.25, -0.2) is 0 Å². The third-order valence-electron chi connectivity index (χ3n) is 0.865. The summed E-state index contributed by atoms with van der Waals surface area (Å²) in [6, 6.07) is 0. The Morgan fingerprint density at radius 1 is 1.50 bits per heavy atom. The van der Waals surface area contributed by atoms with Crippen LogP contribution < -0.4 is 4.89 Å². The summed E-state index contributed by atoms with van der Waals surface area (Å²) in [5.74, 6) is 0. The SMILES string of the molecule is CCCOP(=O)([O-])CC(F)(F)F. The first-order valence-corrected chi connectivity index (χ1v) is 5.01. The second kappa shape index (κ2) is 4.25. The van der Waals surface area contributed by atoms with Crippen molar-refractivity contribution in [3.05, 3.63) is 0 Å². The van der Waals surface area contributed by atoms with Crippen LogP contribution in [0.5, 0.6) is 0 Å². The van der Waals surface area contributed by atoms with E-state index in [1.165, 1.54) is 0 Å². The molecule has 0 saturated carbocycles. The van der Waals surface area contributed by atoms with E-state index in [1.807, 2.05) is 0 Å². The fourth-order valence-corrected chi connectivity index (χ4v) is 1.49. The Morgan fingerprint density at radius 3 is 2.33 bits per heavy atom. The highest BCUT2D eigenvalue weighted by molar-refractivity contribution is 7.51. The molecule has 0 fully saturated rings. The van der Waals surface area contributed by atoms with Crippen LogP contribution >= 0.6 is 7.60 Å². The Bertz CT molecular complexity index is 179. The molecule has 0 saturated heterocycles. The average molecular weight is 205 g/mol. The molecule has 3 nitrogen and oxygen atoms in total. The molecule has 0 aliphatic rings. The maximum absolute atomic E-state index is 11.5. The lowest BCUT2D eigenvalue weighted by atomic mass is 10.5. The maximum Gasteiger partial charge on any atom is 0.396 e. The van der Waals surface area contributed by atoms with Crippen LogP contribution in [0.25, 0.3) is 0 Å². The Kier molecular flexibility index (Phi) is 4.23. The number of hydrogen-bond acceptors (Lipinski definition) is 3. The summed E-state index contributed by atoms with van der Waals surface area (Å²) in [5.41, 5.74) is 0. The monoisotopic (exact) mass is 205 g/mol. The molecule has 0 aromatic carbocycles. The Labute approximate surface area is 68.1 Å². The van der Waals surface area contributed by atoms with E-state index in [4.69, 9.17) is 0 Å². The molecular formula is C5H9F3O3P-. The summed E-state index contributed by atoms with van der Waals surface area (Å²) in [5, 5.41) is 0. The molecule has 0 spiro atoms. The largest absolute Gasteiger partial charge is 0.778 e. The van der Waals surface area contributed by atoms with Crippen LogP contribution in [0.1, 0.15) is 13.3 Å².